The molecule has 0 saturated heterocycles. The van der Waals surface area contributed by atoms with Crippen molar-refractivity contribution in [3.05, 3.63) is 53.7 Å². The Hall–Kier alpha value is -2.91. The fraction of sp³-hybridized carbons (Fsp3) is 0.533. The maximum Gasteiger partial charge on any atom is 0.181 e. The summed E-state index contributed by atoms with van der Waals surface area (Å²) in [6.45, 7) is 24.0. The molecule has 0 aliphatic rings. The number of aromatic nitrogens is 2. The van der Waals surface area contributed by atoms with Crippen molar-refractivity contribution in [1.82, 2.24) is 15.1 Å². The molecule has 0 saturated carbocycles. The van der Waals surface area contributed by atoms with Gasteiger partial charge in [0.15, 0.2) is 21.4 Å². The van der Waals surface area contributed by atoms with Gasteiger partial charge in [0.1, 0.15) is 6.29 Å². The molecule has 8 nitrogen and oxygen atoms in total. The molecule has 0 aliphatic heterocycles. The second-order valence-corrected chi connectivity index (χ2v) is 10.4. The highest BCUT2D eigenvalue weighted by atomic mass is 32.2. The fourth-order valence-electron chi connectivity index (χ4n) is 2.57. The molecule has 0 fully saturated rings. The van der Waals surface area contributed by atoms with E-state index < -0.39 is 9.84 Å². The smallest absolute Gasteiger partial charge is 0.181 e. The van der Waals surface area contributed by atoms with E-state index in [-0.39, 0.29) is 11.0 Å². The minimum Gasteiger partial charge on any atom is -0.307 e. The first-order valence-corrected chi connectivity index (χ1v) is 15.1. The number of aliphatic imine (C=N–C) groups is 1. The molecule has 1 aromatic heterocycles. The number of sulfone groups is 1. The number of nitrogens with zero attached hydrogens (tertiary/aromatic N) is 3. The Morgan fingerprint density at radius 3 is 2.05 bits per heavy atom. The van der Waals surface area contributed by atoms with Crippen molar-refractivity contribution in [1.29, 1.82) is 0 Å². The first-order valence-electron chi connectivity index (χ1n) is 13.6. The van der Waals surface area contributed by atoms with Crippen LogP contribution in [-0.4, -0.2) is 67.2 Å². The monoisotopic (exact) mass is 564 g/mol. The van der Waals surface area contributed by atoms with Gasteiger partial charge in [-0.3, -0.25) is 9.89 Å². The van der Waals surface area contributed by atoms with E-state index >= 15 is 0 Å². The largest absolute Gasteiger partial charge is 0.307 e. The summed E-state index contributed by atoms with van der Waals surface area (Å²) in [5.74, 6) is 0.573. The SMILES string of the molecule is C=C(/C=N\c1[nH]ncc1C)C(C)=O.CC.CC.CC=O.CCc1ccc(S(=O)(=O)C(C)CCN(C)CC)cc1. The Labute approximate surface area is 237 Å². The molecule has 39 heavy (non-hydrogen) atoms. The number of hydrogen-bond acceptors (Lipinski definition) is 7. The van der Waals surface area contributed by atoms with Crippen molar-refractivity contribution in [2.24, 2.45) is 4.99 Å². The third-order valence-electron chi connectivity index (χ3n) is 5.25. The Morgan fingerprint density at radius 2 is 1.67 bits per heavy atom. The molecule has 1 N–H and O–H groups in total. The van der Waals surface area contributed by atoms with Gasteiger partial charge in [-0.05, 0) is 78.4 Å². The van der Waals surface area contributed by atoms with Crippen LogP contribution in [-0.2, 0) is 25.8 Å². The summed E-state index contributed by atoms with van der Waals surface area (Å²) in [7, 11) is -1.19. The van der Waals surface area contributed by atoms with Crippen LogP contribution < -0.4 is 0 Å². The molecule has 2 rings (SSSR count). The summed E-state index contributed by atoms with van der Waals surface area (Å²) in [6.07, 6.45) is 5.45. The van der Waals surface area contributed by atoms with E-state index in [1.807, 2.05) is 53.8 Å². The standard InChI is InChI=1S/C15H25NO2S.C9H11N3O.C2H4O.2C2H6/c1-5-14-7-9-15(10-8-14)19(17,18)13(3)11-12-16(4)6-2;1-6(8(3)13)4-10-9-7(2)5-11-12-9;1-2-3;2*1-2/h7-10,13H,5-6,11-12H2,1-4H3;4-5H,1H2,2-3H3,(H,11,12);2H,1H3;2*1-2H3/b;10-4-;;;. The average molecular weight is 565 g/mol. The number of Topliss-reactive ketones (excluding diaryl/α,β-unsaturated/α-hetero) is 1. The number of benzene rings is 1. The molecular weight excluding hydrogens is 512 g/mol. The van der Waals surface area contributed by atoms with Crippen molar-refractivity contribution in [2.45, 2.75) is 92.2 Å². The van der Waals surface area contributed by atoms with Crippen LogP contribution in [0.5, 0.6) is 0 Å². The minimum atomic E-state index is -3.19. The lowest BCUT2D eigenvalue weighted by atomic mass is 10.2. The molecule has 0 aliphatic carbocycles. The maximum absolute atomic E-state index is 12.4. The van der Waals surface area contributed by atoms with E-state index in [9.17, 15) is 13.2 Å². The minimum absolute atomic E-state index is 0.0825. The van der Waals surface area contributed by atoms with Crippen LogP contribution >= 0.6 is 0 Å². The molecule has 0 bridgehead atoms. The molecule has 222 valence electrons. The third-order valence-corrected chi connectivity index (χ3v) is 7.48. The number of H-pyrrole nitrogens is 1. The lowest BCUT2D eigenvalue weighted by Crippen LogP contribution is -2.26. The van der Waals surface area contributed by atoms with E-state index in [1.165, 1.54) is 20.1 Å². The number of carbonyl (C=O) groups is 2. The van der Waals surface area contributed by atoms with Gasteiger partial charge in [0.2, 0.25) is 0 Å². The molecule has 0 spiro atoms. The van der Waals surface area contributed by atoms with E-state index in [0.29, 0.717) is 22.7 Å². The van der Waals surface area contributed by atoms with Crippen LogP contribution in [0.15, 0.2) is 52.5 Å². The van der Waals surface area contributed by atoms with Gasteiger partial charge in [-0.1, -0.05) is 60.3 Å². The Kier molecular flexibility index (Phi) is 25.1. The number of allylic oxidation sites excluding steroid dienone is 1. The molecule has 0 radical (unpaired) electrons. The molecule has 1 unspecified atom stereocenters. The number of aromatic amines is 1. The Bertz CT molecular complexity index is 1060. The zero-order valence-electron chi connectivity index (χ0n) is 26.0. The Balaban J connectivity index is -0.000000561. The second-order valence-electron chi connectivity index (χ2n) is 8.01. The first kappa shape index (κ1) is 40.6. The quantitative estimate of drug-likeness (QED) is 0.198. The molecule has 0 amide bonds. The van der Waals surface area contributed by atoms with Gasteiger partial charge in [0.05, 0.1) is 16.3 Å². The van der Waals surface area contributed by atoms with E-state index in [2.05, 4.69) is 40.5 Å². The zero-order chi connectivity index (χ0) is 31.0. The molecule has 1 aromatic carbocycles. The molecular formula is C30H52N4O4S. The normalized spacial score (nSPS) is 10.9. The predicted molar refractivity (Wildman–Crippen MR) is 166 cm³/mol. The van der Waals surface area contributed by atoms with Crippen molar-refractivity contribution >= 4 is 33.9 Å². The van der Waals surface area contributed by atoms with E-state index in [0.717, 1.165) is 36.9 Å². The first-order chi connectivity index (χ1) is 18.4. The summed E-state index contributed by atoms with van der Waals surface area (Å²) in [5.41, 5.74) is 2.49. The lowest BCUT2D eigenvalue weighted by Gasteiger charge is -2.18. The van der Waals surface area contributed by atoms with E-state index in [1.54, 1.807) is 25.3 Å². The van der Waals surface area contributed by atoms with Gasteiger partial charge in [0.25, 0.3) is 0 Å². The summed E-state index contributed by atoms with van der Waals surface area (Å²) >= 11 is 0. The molecule has 2 aromatic rings. The Morgan fingerprint density at radius 1 is 1.15 bits per heavy atom. The number of hydrogen-bond donors (Lipinski definition) is 1. The fourth-order valence-corrected chi connectivity index (χ4v) is 3.96. The number of carbonyl (C=O) groups excluding carboxylic acids is 2. The van der Waals surface area contributed by atoms with Crippen molar-refractivity contribution in [3.8, 4) is 0 Å². The highest BCUT2D eigenvalue weighted by Crippen LogP contribution is 2.19. The van der Waals surface area contributed by atoms with Crippen LogP contribution in [0.3, 0.4) is 0 Å². The predicted octanol–water partition coefficient (Wildman–Crippen LogP) is 6.58. The summed E-state index contributed by atoms with van der Waals surface area (Å²) < 4.78 is 24.8. The summed E-state index contributed by atoms with van der Waals surface area (Å²) in [4.78, 5) is 26.2. The molecule has 1 atom stereocenters. The van der Waals surface area contributed by atoms with Crippen LogP contribution in [0.1, 0.15) is 79.9 Å². The number of rotatable bonds is 10. The third kappa shape index (κ3) is 17.3. The topological polar surface area (TPSA) is 113 Å². The number of ketones is 1. The second kappa shape index (κ2) is 24.2. The van der Waals surface area contributed by atoms with Gasteiger partial charge in [0, 0.05) is 17.4 Å². The highest BCUT2D eigenvalue weighted by Gasteiger charge is 2.23. The van der Waals surface area contributed by atoms with Crippen LogP contribution in [0.2, 0.25) is 0 Å². The summed E-state index contributed by atoms with van der Waals surface area (Å²) in [5, 5.41) is 6.15. The van der Waals surface area contributed by atoms with Crippen molar-refractivity contribution < 1.29 is 18.0 Å². The number of aldehydes is 1. The highest BCUT2D eigenvalue weighted by molar-refractivity contribution is 7.92. The molecule has 1 heterocycles. The summed E-state index contributed by atoms with van der Waals surface area (Å²) in [6, 6.07) is 7.26. The number of aryl methyl sites for hydroxylation is 2. The van der Waals surface area contributed by atoms with E-state index in [4.69, 9.17) is 4.79 Å². The molecule has 9 heteroatoms. The van der Waals surface area contributed by atoms with Gasteiger partial charge in [-0.2, -0.15) is 5.10 Å². The van der Waals surface area contributed by atoms with Crippen LogP contribution in [0.25, 0.3) is 0 Å². The van der Waals surface area contributed by atoms with Crippen LogP contribution in [0, 0.1) is 6.92 Å². The van der Waals surface area contributed by atoms with Gasteiger partial charge in [-0.15, -0.1) is 0 Å². The van der Waals surface area contributed by atoms with Gasteiger partial charge >= 0.3 is 0 Å². The maximum atomic E-state index is 12.4. The van der Waals surface area contributed by atoms with Gasteiger partial charge < -0.3 is 9.69 Å². The van der Waals surface area contributed by atoms with Crippen molar-refractivity contribution in [3.63, 3.8) is 0 Å². The zero-order valence-corrected chi connectivity index (χ0v) is 26.9. The lowest BCUT2D eigenvalue weighted by molar-refractivity contribution is -0.113. The number of nitrogens with one attached hydrogen (secondary N) is 1. The van der Waals surface area contributed by atoms with Crippen LogP contribution in [0.4, 0.5) is 5.82 Å². The van der Waals surface area contributed by atoms with Crippen molar-refractivity contribution in [2.75, 3.05) is 20.1 Å². The average Bonchev–Trinajstić information content (AvgIpc) is 3.37. The van der Waals surface area contributed by atoms with Gasteiger partial charge in [-0.25, -0.2) is 13.4 Å².